The summed E-state index contributed by atoms with van der Waals surface area (Å²) < 4.78 is 4.78. The number of amides is 2. The largest absolute Gasteiger partial charge is 0.343 e. The summed E-state index contributed by atoms with van der Waals surface area (Å²) in [6.07, 6.45) is 5.49. The highest BCUT2D eigenvalue weighted by Gasteiger charge is 2.30. The number of hydrogen-bond acceptors (Lipinski definition) is 4. The van der Waals surface area contributed by atoms with E-state index in [1.165, 1.54) is 6.39 Å². The van der Waals surface area contributed by atoms with E-state index in [0.29, 0.717) is 5.82 Å². The lowest BCUT2D eigenvalue weighted by atomic mass is 10.1. The van der Waals surface area contributed by atoms with Crippen LogP contribution in [0.15, 0.2) is 10.9 Å². The number of rotatable bonds is 1. The normalized spacial score (nSPS) is 21.1. The third-order valence-electron chi connectivity index (χ3n) is 3.06. The van der Waals surface area contributed by atoms with Crippen LogP contribution in [0, 0.1) is 0 Å². The molecular weight excluding hydrogens is 220 g/mol. The number of nitrogens with zero attached hydrogens (tertiary/aromatic N) is 4. The van der Waals surface area contributed by atoms with E-state index in [0.717, 1.165) is 32.2 Å². The highest BCUT2D eigenvalue weighted by atomic mass is 16.5. The second-order valence-corrected chi connectivity index (χ2v) is 4.52. The van der Waals surface area contributed by atoms with Crippen LogP contribution in [-0.4, -0.2) is 46.6 Å². The zero-order valence-corrected chi connectivity index (χ0v) is 10.3. The molecule has 17 heavy (non-hydrogen) atoms. The molecule has 1 aromatic heterocycles. The molecule has 2 amide bonds. The first kappa shape index (κ1) is 11.9. The molecule has 94 valence electrons. The first-order chi connectivity index (χ1) is 8.20. The Hall–Kier alpha value is -1.59. The lowest BCUT2D eigenvalue weighted by Gasteiger charge is -2.30. The van der Waals surface area contributed by atoms with Crippen molar-refractivity contribution in [2.24, 2.45) is 0 Å². The molecular formula is C11H18N4O2. The smallest absolute Gasteiger partial charge is 0.320 e. The molecule has 1 aliphatic heterocycles. The molecule has 0 unspecified atom stereocenters. The van der Waals surface area contributed by atoms with Gasteiger partial charge in [0.25, 0.3) is 0 Å². The molecule has 6 heteroatoms. The Bertz CT molecular complexity index is 364. The molecule has 6 nitrogen and oxygen atoms in total. The van der Waals surface area contributed by atoms with Gasteiger partial charge in [-0.15, -0.1) is 0 Å². The van der Waals surface area contributed by atoms with Crippen LogP contribution in [0.1, 0.15) is 37.5 Å². The lowest BCUT2D eigenvalue weighted by molar-refractivity contribution is 0.146. The maximum atomic E-state index is 12.1. The summed E-state index contributed by atoms with van der Waals surface area (Å²) in [7, 11) is 3.53. The summed E-state index contributed by atoms with van der Waals surface area (Å²) in [5.41, 5.74) is 0. The van der Waals surface area contributed by atoms with Crippen molar-refractivity contribution in [2.75, 3.05) is 20.6 Å². The van der Waals surface area contributed by atoms with Crippen LogP contribution in [-0.2, 0) is 0 Å². The zero-order chi connectivity index (χ0) is 12.3. The van der Waals surface area contributed by atoms with Gasteiger partial charge in [-0.05, 0) is 12.8 Å². The summed E-state index contributed by atoms with van der Waals surface area (Å²) >= 11 is 0. The second-order valence-electron chi connectivity index (χ2n) is 4.52. The van der Waals surface area contributed by atoms with E-state index < -0.39 is 0 Å². The van der Waals surface area contributed by atoms with Crippen LogP contribution in [0.3, 0.4) is 0 Å². The maximum absolute atomic E-state index is 12.1. The van der Waals surface area contributed by atoms with Gasteiger partial charge in [0.05, 0.1) is 6.04 Å². The molecule has 1 aromatic rings. The van der Waals surface area contributed by atoms with Crippen LogP contribution in [0.5, 0.6) is 0 Å². The van der Waals surface area contributed by atoms with Gasteiger partial charge >= 0.3 is 6.03 Å². The van der Waals surface area contributed by atoms with Gasteiger partial charge in [0, 0.05) is 20.6 Å². The van der Waals surface area contributed by atoms with E-state index in [1.807, 2.05) is 4.90 Å². The summed E-state index contributed by atoms with van der Waals surface area (Å²) in [6.45, 7) is 0.760. The molecule has 0 aliphatic carbocycles. The van der Waals surface area contributed by atoms with Gasteiger partial charge in [0.1, 0.15) is 0 Å². The topological polar surface area (TPSA) is 62.5 Å². The number of hydrogen-bond donors (Lipinski definition) is 0. The Balaban J connectivity index is 2.21. The number of carbonyl (C=O) groups excluding carboxylic acids is 1. The predicted octanol–water partition coefficient (Wildman–Crippen LogP) is 1.67. The fraction of sp³-hybridized carbons (Fsp3) is 0.727. The lowest BCUT2D eigenvalue weighted by Crippen LogP contribution is -2.41. The second kappa shape index (κ2) is 5.16. The highest BCUT2D eigenvalue weighted by Crippen LogP contribution is 2.28. The highest BCUT2D eigenvalue weighted by molar-refractivity contribution is 5.74. The molecule has 1 atom stereocenters. The average molecular weight is 238 g/mol. The van der Waals surface area contributed by atoms with Crippen LogP contribution in [0.25, 0.3) is 0 Å². The molecule has 0 bridgehead atoms. The van der Waals surface area contributed by atoms with Crippen molar-refractivity contribution in [3.63, 3.8) is 0 Å². The molecule has 1 fully saturated rings. The fourth-order valence-electron chi connectivity index (χ4n) is 2.19. The maximum Gasteiger partial charge on any atom is 0.320 e. The van der Waals surface area contributed by atoms with Gasteiger partial charge in [-0.25, -0.2) is 4.79 Å². The van der Waals surface area contributed by atoms with E-state index in [-0.39, 0.29) is 12.1 Å². The Morgan fingerprint density at radius 2 is 2.29 bits per heavy atom. The summed E-state index contributed by atoms with van der Waals surface area (Å²) in [5, 5.41) is 3.88. The quantitative estimate of drug-likeness (QED) is 0.746. The third kappa shape index (κ3) is 2.57. The van der Waals surface area contributed by atoms with Crippen molar-refractivity contribution in [1.82, 2.24) is 19.9 Å². The van der Waals surface area contributed by atoms with Gasteiger partial charge in [0.2, 0.25) is 6.39 Å². The monoisotopic (exact) mass is 238 g/mol. The summed E-state index contributed by atoms with van der Waals surface area (Å²) in [4.78, 5) is 19.6. The summed E-state index contributed by atoms with van der Waals surface area (Å²) in [5.74, 6) is 0.613. The minimum Gasteiger partial charge on any atom is -0.343 e. The molecule has 2 rings (SSSR count). The molecule has 0 radical (unpaired) electrons. The van der Waals surface area contributed by atoms with Crippen LogP contribution < -0.4 is 0 Å². The predicted molar refractivity (Wildman–Crippen MR) is 61.3 cm³/mol. The SMILES string of the molecule is CN(C)C(=O)N1CCCCC[C@@H]1c1ncon1. The first-order valence-corrected chi connectivity index (χ1v) is 5.94. The van der Waals surface area contributed by atoms with E-state index in [9.17, 15) is 4.79 Å². The van der Waals surface area contributed by atoms with Crippen molar-refractivity contribution in [3.8, 4) is 0 Å². The van der Waals surface area contributed by atoms with E-state index in [4.69, 9.17) is 4.52 Å². The Labute approximate surface area is 101 Å². The van der Waals surface area contributed by atoms with Crippen molar-refractivity contribution in [2.45, 2.75) is 31.7 Å². The molecule has 0 N–H and O–H groups in total. The third-order valence-corrected chi connectivity index (χ3v) is 3.06. The first-order valence-electron chi connectivity index (χ1n) is 5.94. The fourth-order valence-corrected chi connectivity index (χ4v) is 2.19. The van der Waals surface area contributed by atoms with Crippen LogP contribution in [0.4, 0.5) is 4.79 Å². The Morgan fingerprint density at radius 1 is 1.47 bits per heavy atom. The molecule has 0 aromatic carbocycles. The van der Waals surface area contributed by atoms with Crippen molar-refractivity contribution in [1.29, 1.82) is 0 Å². The van der Waals surface area contributed by atoms with Gasteiger partial charge < -0.3 is 14.3 Å². The van der Waals surface area contributed by atoms with E-state index in [2.05, 4.69) is 10.1 Å². The van der Waals surface area contributed by atoms with Crippen molar-refractivity contribution >= 4 is 6.03 Å². The molecule has 1 aliphatic rings. The van der Waals surface area contributed by atoms with Crippen LogP contribution >= 0.6 is 0 Å². The van der Waals surface area contributed by atoms with Gasteiger partial charge in [-0.2, -0.15) is 4.98 Å². The van der Waals surface area contributed by atoms with Crippen molar-refractivity contribution in [3.05, 3.63) is 12.2 Å². The van der Waals surface area contributed by atoms with Gasteiger partial charge in [0.15, 0.2) is 5.82 Å². The Morgan fingerprint density at radius 3 is 2.94 bits per heavy atom. The zero-order valence-electron chi connectivity index (χ0n) is 10.3. The van der Waals surface area contributed by atoms with E-state index >= 15 is 0 Å². The number of carbonyl (C=O) groups is 1. The van der Waals surface area contributed by atoms with Gasteiger partial charge in [-0.3, -0.25) is 0 Å². The molecule has 0 spiro atoms. The average Bonchev–Trinajstić information content (AvgIpc) is 2.72. The standard InChI is InChI=1S/C11H18N4O2/c1-14(2)11(16)15-7-5-3-4-6-9(15)10-12-8-17-13-10/h8-9H,3-7H2,1-2H3/t9-/m1/s1. The van der Waals surface area contributed by atoms with Crippen molar-refractivity contribution < 1.29 is 9.32 Å². The van der Waals surface area contributed by atoms with Gasteiger partial charge in [-0.1, -0.05) is 18.0 Å². The molecule has 1 saturated heterocycles. The number of aromatic nitrogens is 2. The Kier molecular flexibility index (Phi) is 3.61. The molecule has 2 heterocycles. The minimum absolute atomic E-state index is 0.0155. The number of likely N-dealkylation sites (tertiary alicyclic amines) is 1. The minimum atomic E-state index is -0.0499. The van der Waals surface area contributed by atoms with E-state index in [1.54, 1.807) is 19.0 Å². The number of urea groups is 1. The summed E-state index contributed by atoms with van der Waals surface area (Å²) in [6, 6.07) is -0.0344. The molecule has 0 saturated carbocycles. The van der Waals surface area contributed by atoms with Crippen LogP contribution in [0.2, 0.25) is 0 Å².